The van der Waals surface area contributed by atoms with E-state index in [0.717, 1.165) is 0 Å². The van der Waals surface area contributed by atoms with E-state index in [1.165, 1.54) is 79.8 Å². The summed E-state index contributed by atoms with van der Waals surface area (Å²) in [6.07, 6.45) is -13.6. The Labute approximate surface area is 495 Å². The number of aliphatic hydroxyl groups is 9. The maximum Gasteiger partial charge on any atom is 0.331 e. The molecule has 26 nitrogen and oxygen atoms in total. The predicted octanol–water partition coefficient (Wildman–Crippen LogP) is 1.13. The van der Waals surface area contributed by atoms with Gasteiger partial charge in [-0.2, -0.15) is 0 Å². The number of hydrogen-bond donors (Lipinski definition) is 11. The Balaban J connectivity index is 0.00000491. The standard InChI is InChI=1S/C59H60O26.2CH4/c1-24-49(66)54(71)41(83-58(24)75)22-79-39-12-25(6-8-77-37-20-35-31(14-33(37)60)18-43(62)81-35)10-27-2-4-29(50(67)47(27)52(39)69)16-45(64)85-46(65)17-30-5-3-28-11-26(7-9-78-38-21-36-32(15-34(38)61)19-44(63)82-36)13-40(53(70)48(28)51(30)68)80-23-42-55(72)56(73)57(74)59(76)84-42;;/h2-5,10-15,18-19,24,35-38,41-42,49,54-61,66-68,71-76H,6-9,16-17,20-23H2,1H3;2*1H4. The van der Waals surface area contributed by atoms with Crippen LogP contribution in [-0.2, 0) is 78.0 Å². The number of fused-ring (bicyclic) bond motifs is 4. The summed E-state index contributed by atoms with van der Waals surface area (Å²) < 4.78 is 49.9. The Hall–Kier alpha value is -7.86. The van der Waals surface area contributed by atoms with Crippen molar-refractivity contribution in [3.05, 3.63) is 138 Å². The van der Waals surface area contributed by atoms with Gasteiger partial charge >= 0.3 is 23.9 Å². The number of phenols is 2. The van der Waals surface area contributed by atoms with Crippen molar-refractivity contribution in [1.29, 1.82) is 0 Å². The van der Waals surface area contributed by atoms with Crippen LogP contribution in [0.3, 0.4) is 0 Å². The van der Waals surface area contributed by atoms with Gasteiger partial charge in [0.05, 0.1) is 42.9 Å². The molecule has 14 atom stereocenters. The number of aliphatic hydroxyl groups excluding tert-OH is 9. The van der Waals surface area contributed by atoms with Crippen LogP contribution in [0.4, 0.5) is 0 Å². The molecule has 468 valence electrons. The minimum absolute atomic E-state index is 0. The minimum Gasteiger partial charge on any atom is -0.510 e. The fourth-order valence-electron chi connectivity index (χ4n) is 10.8. The lowest BCUT2D eigenvalue weighted by atomic mass is 9.93. The Morgan fingerprint density at radius 2 is 0.966 bits per heavy atom. The first-order chi connectivity index (χ1) is 40.5. The van der Waals surface area contributed by atoms with Gasteiger partial charge in [0.15, 0.2) is 24.1 Å². The normalized spacial score (nSPS) is 28.3. The second-order valence-corrected chi connectivity index (χ2v) is 21.4. The maximum atomic E-state index is 14.4. The van der Waals surface area contributed by atoms with Gasteiger partial charge in [0.2, 0.25) is 10.9 Å². The zero-order valence-electron chi connectivity index (χ0n) is 45.1. The zero-order valence-corrected chi connectivity index (χ0v) is 45.1. The fraction of sp³-hybridized carbons (Fsp3) is 0.443. The quantitative estimate of drug-likeness (QED) is 0.0378. The van der Waals surface area contributed by atoms with Crippen LogP contribution >= 0.6 is 0 Å². The van der Waals surface area contributed by atoms with Crippen molar-refractivity contribution in [3.8, 4) is 23.0 Å². The molecule has 0 spiro atoms. The second-order valence-electron chi connectivity index (χ2n) is 21.4. The highest BCUT2D eigenvalue weighted by molar-refractivity contribution is 5.95. The fourth-order valence-corrected chi connectivity index (χ4v) is 10.8. The van der Waals surface area contributed by atoms with Crippen LogP contribution in [-0.4, -0.2) is 186 Å². The number of phenolic OH excluding ortho intramolecular Hbond substituents is 2. The first-order valence-corrected chi connectivity index (χ1v) is 27.1. The average molecular weight is 1220 g/mol. The summed E-state index contributed by atoms with van der Waals surface area (Å²) in [7, 11) is 0. The smallest absolute Gasteiger partial charge is 0.331 e. The van der Waals surface area contributed by atoms with Crippen molar-refractivity contribution in [2.24, 2.45) is 5.92 Å². The van der Waals surface area contributed by atoms with Crippen LogP contribution < -0.4 is 20.3 Å². The van der Waals surface area contributed by atoms with Crippen molar-refractivity contribution in [2.45, 2.75) is 140 Å². The monoisotopic (exact) mass is 1220 g/mol. The van der Waals surface area contributed by atoms with E-state index in [0.29, 0.717) is 22.3 Å². The first kappa shape index (κ1) is 65.1. The van der Waals surface area contributed by atoms with E-state index >= 15 is 0 Å². The highest BCUT2D eigenvalue weighted by Crippen LogP contribution is 2.35. The number of aromatic hydroxyl groups is 2. The molecule has 6 aliphatic rings. The van der Waals surface area contributed by atoms with Crippen LogP contribution in [0.2, 0.25) is 0 Å². The molecule has 10 rings (SSSR count). The molecule has 0 bridgehead atoms. The number of carbonyl (C=O) groups excluding carboxylic acids is 4. The molecule has 4 aromatic carbocycles. The molecule has 2 aliphatic carbocycles. The number of hydrogen-bond acceptors (Lipinski definition) is 26. The molecule has 87 heavy (non-hydrogen) atoms. The van der Waals surface area contributed by atoms with Crippen LogP contribution in [0.5, 0.6) is 23.0 Å². The van der Waals surface area contributed by atoms with Gasteiger partial charge in [0, 0.05) is 53.2 Å². The van der Waals surface area contributed by atoms with Crippen LogP contribution in [0.15, 0.2) is 105 Å². The van der Waals surface area contributed by atoms with Gasteiger partial charge in [0.1, 0.15) is 97.3 Å². The van der Waals surface area contributed by atoms with E-state index < -0.39 is 175 Å². The lowest BCUT2D eigenvalue weighted by Gasteiger charge is -2.39. The number of ether oxygens (including phenoxy) is 9. The average Bonchev–Trinajstić information content (AvgIpc) is 2.45. The molecule has 4 aromatic rings. The molecule has 26 heteroatoms. The molecule has 4 heterocycles. The number of esters is 4. The number of carbonyl (C=O) groups is 4. The Morgan fingerprint density at radius 3 is 1.41 bits per heavy atom. The maximum absolute atomic E-state index is 14.4. The molecule has 14 unspecified atom stereocenters. The van der Waals surface area contributed by atoms with Gasteiger partial charge in [-0.25, -0.2) is 9.59 Å². The summed E-state index contributed by atoms with van der Waals surface area (Å²) in [5.41, 5.74) is -0.538. The molecule has 0 saturated carbocycles. The summed E-state index contributed by atoms with van der Waals surface area (Å²) in [5.74, 6) is -7.04. The third-order valence-electron chi connectivity index (χ3n) is 15.6. The third kappa shape index (κ3) is 14.0. The molecule has 0 radical (unpaired) electrons. The summed E-state index contributed by atoms with van der Waals surface area (Å²) in [6.45, 7) is 0.0582. The van der Waals surface area contributed by atoms with E-state index in [4.69, 9.17) is 42.6 Å². The predicted molar refractivity (Wildman–Crippen MR) is 301 cm³/mol. The molecule has 2 saturated heterocycles. The van der Waals surface area contributed by atoms with Crippen molar-refractivity contribution in [1.82, 2.24) is 0 Å². The van der Waals surface area contributed by atoms with E-state index in [9.17, 15) is 84.9 Å². The van der Waals surface area contributed by atoms with Gasteiger partial charge in [-0.3, -0.25) is 19.2 Å². The Morgan fingerprint density at radius 1 is 0.540 bits per heavy atom. The summed E-state index contributed by atoms with van der Waals surface area (Å²) in [5, 5.41) is 117. The van der Waals surface area contributed by atoms with Crippen LogP contribution in [0, 0.1) is 5.92 Å². The Kier molecular flexibility index (Phi) is 20.2. The molecule has 0 aromatic heterocycles. The van der Waals surface area contributed by atoms with Gasteiger partial charge in [-0.1, -0.05) is 58.2 Å². The topological polar surface area (TPSA) is 408 Å². The molecule has 4 aliphatic heterocycles. The van der Waals surface area contributed by atoms with Crippen LogP contribution in [0.1, 0.15) is 56.9 Å². The van der Waals surface area contributed by atoms with Gasteiger partial charge in [-0.15, -0.1) is 0 Å². The summed E-state index contributed by atoms with van der Waals surface area (Å²) in [4.78, 5) is 79.3. The Bertz CT molecular complexity index is 3340. The highest BCUT2D eigenvalue weighted by atomic mass is 16.7. The molecule has 11 N–H and O–H groups in total. The largest absolute Gasteiger partial charge is 0.510 e. The lowest BCUT2D eigenvalue weighted by Crippen LogP contribution is -2.58. The highest BCUT2D eigenvalue weighted by Gasteiger charge is 2.44. The van der Waals surface area contributed by atoms with Crippen molar-refractivity contribution >= 4 is 45.4 Å². The molecular formula is C61H68O26. The summed E-state index contributed by atoms with van der Waals surface area (Å²) >= 11 is 0. The van der Waals surface area contributed by atoms with Gasteiger partial charge in [-0.05, 0) is 59.0 Å². The second kappa shape index (κ2) is 27.0. The molecular weight excluding hydrogens is 1150 g/mol. The third-order valence-corrected chi connectivity index (χ3v) is 15.6. The molecule has 2 fully saturated rings. The van der Waals surface area contributed by atoms with E-state index in [2.05, 4.69) is 0 Å². The van der Waals surface area contributed by atoms with E-state index in [-0.39, 0.29) is 92.6 Å². The number of rotatable bonds is 18. The van der Waals surface area contributed by atoms with Gasteiger partial charge < -0.3 is 98.8 Å². The van der Waals surface area contributed by atoms with Crippen molar-refractivity contribution < 1.29 is 118 Å². The zero-order chi connectivity index (χ0) is 60.7. The van der Waals surface area contributed by atoms with Gasteiger partial charge in [0.25, 0.3) is 0 Å². The van der Waals surface area contributed by atoms with Crippen molar-refractivity contribution in [3.63, 3.8) is 0 Å². The minimum atomic E-state index is -1.94. The molecule has 0 amide bonds. The number of benzene rings is 2. The van der Waals surface area contributed by atoms with Crippen LogP contribution in [0.25, 0.3) is 21.5 Å². The van der Waals surface area contributed by atoms with E-state index in [1.54, 1.807) is 0 Å². The van der Waals surface area contributed by atoms with E-state index in [1.807, 2.05) is 0 Å². The summed E-state index contributed by atoms with van der Waals surface area (Å²) in [6, 6.07) is 11.0. The first-order valence-electron chi connectivity index (χ1n) is 27.1. The SMILES string of the molecule is C.C.CC1C(O)OC(COc2cc(CCOC3CC4OC(=O)C=C4C=C3O)cc3ccc(CC(=O)OC(=O)Cc4ccc5cc(CCOC6CC7OC(=O)C=C7C=C6O)cc(OCC6OC(O)C(O)C(O)C6O)c(=O)c5c4O)c(O)c3c2=O)C(O)C1O. The lowest BCUT2D eigenvalue weighted by molar-refractivity contribution is -0.285. The van der Waals surface area contributed by atoms with Crippen molar-refractivity contribution in [2.75, 3.05) is 26.4 Å².